The number of nitrogens with zero attached hydrogens (tertiary/aromatic N) is 2. The van der Waals surface area contributed by atoms with Gasteiger partial charge in [0.2, 0.25) is 5.84 Å². The first kappa shape index (κ1) is 18.0. The zero-order valence-electron chi connectivity index (χ0n) is 16.0. The summed E-state index contributed by atoms with van der Waals surface area (Å²) in [6.45, 7) is 8.35. The van der Waals surface area contributed by atoms with E-state index < -0.39 is 5.97 Å². The predicted molar refractivity (Wildman–Crippen MR) is 105 cm³/mol. The highest BCUT2D eigenvalue weighted by atomic mass is 16.5. The highest BCUT2D eigenvalue weighted by Gasteiger charge is 2.29. The minimum absolute atomic E-state index is 0.0118. The summed E-state index contributed by atoms with van der Waals surface area (Å²) >= 11 is 0. The van der Waals surface area contributed by atoms with Gasteiger partial charge in [0.05, 0.1) is 24.5 Å². The topological polar surface area (TPSA) is 53.9 Å². The Hall–Kier alpha value is -2.82. The largest absolute Gasteiger partial charge is 0.463 e. The second-order valence-corrected chi connectivity index (χ2v) is 6.56. The summed E-state index contributed by atoms with van der Waals surface area (Å²) in [6, 6.07) is 12.3. The summed E-state index contributed by atoms with van der Waals surface area (Å²) in [6.07, 6.45) is 0.844. The van der Waals surface area contributed by atoms with E-state index in [2.05, 4.69) is 68.4 Å². The van der Waals surface area contributed by atoms with Crippen LogP contribution in [0.4, 0.5) is 11.4 Å². The van der Waals surface area contributed by atoms with Gasteiger partial charge < -0.3 is 4.74 Å². The van der Waals surface area contributed by atoms with Gasteiger partial charge in [-0.1, -0.05) is 43.3 Å². The van der Waals surface area contributed by atoms with Crippen LogP contribution >= 0.6 is 0 Å². The Bertz CT molecular complexity index is 853. The fourth-order valence-corrected chi connectivity index (χ4v) is 3.48. The van der Waals surface area contributed by atoms with Crippen molar-refractivity contribution in [2.24, 2.45) is 4.99 Å². The maximum absolute atomic E-state index is 12.3. The molecular weight excluding hydrogens is 326 g/mol. The SMILES string of the molecule is CCc1cccc2c1N=C(C(=O)OC)NN(c1c(C)cccc1C)C2C. The van der Waals surface area contributed by atoms with Gasteiger partial charge in [-0.2, -0.15) is 0 Å². The molecule has 1 unspecified atom stereocenters. The van der Waals surface area contributed by atoms with E-state index >= 15 is 0 Å². The van der Waals surface area contributed by atoms with Gasteiger partial charge in [-0.05, 0) is 43.9 Å². The zero-order chi connectivity index (χ0) is 18.8. The van der Waals surface area contributed by atoms with Crippen molar-refractivity contribution >= 4 is 23.2 Å². The smallest absolute Gasteiger partial charge is 0.375 e. The van der Waals surface area contributed by atoms with E-state index in [0.717, 1.165) is 40.0 Å². The van der Waals surface area contributed by atoms with E-state index in [0.29, 0.717) is 0 Å². The van der Waals surface area contributed by atoms with Crippen LogP contribution in [-0.2, 0) is 16.0 Å². The Morgan fingerprint density at radius 2 is 1.85 bits per heavy atom. The number of esters is 1. The molecule has 0 aromatic heterocycles. The van der Waals surface area contributed by atoms with E-state index in [1.165, 1.54) is 7.11 Å². The molecule has 0 bridgehead atoms. The molecule has 0 saturated heterocycles. The third-order valence-corrected chi connectivity index (χ3v) is 4.88. The number of carbonyl (C=O) groups excluding carboxylic acids is 1. The molecule has 0 fully saturated rings. The Labute approximate surface area is 154 Å². The van der Waals surface area contributed by atoms with Crippen LogP contribution in [-0.4, -0.2) is 18.9 Å². The number of methoxy groups -OCH3 is 1. The van der Waals surface area contributed by atoms with Gasteiger partial charge in [-0.15, -0.1) is 0 Å². The lowest BCUT2D eigenvalue weighted by molar-refractivity contribution is -0.133. The number of amidine groups is 1. The molecule has 0 aliphatic carbocycles. The van der Waals surface area contributed by atoms with Crippen LogP contribution < -0.4 is 10.4 Å². The van der Waals surface area contributed by atoms with E-state index in [1.807, 2.05) is 11.1 Å². The molecule has 2 aromatic carbocycles. The summed E-state index contributed by atoms with van der Waals surface area (Å²) in [5, 5.41) is 2.02. The van der Waals surface area contributed by atoms with Crippen molar-refractivity contribution in [1.29, 1.82) is 0 Å². The number of para-hydroxylation sites is 2. The number of aliphatic imine (C=N–C) groups is 1. The van der Waals surface area contributed by atoms with Gasteiger partial charge in [0.25, 0.3) is 0 Å². The van der Waals surface area contributed by atoms with Gasteiger partial charge >= 0.3 is 5.97 Å². The van der Waals surface area contributed by atoms with Crippen molar-refractivity contribution in [3.63, 3.8) is 0 Å². The fourth-order valence-electron chi connectivity index (χ4n) is 3.48. The molecule has 1 aliphatic rings. The van der Waals surface area contributed by atoms with Gasteiger partial charge in [0.1, 0.15) is 0 Å². The van der Waals surface area contributed by atoms with E-state index in [1.54, 1.807) is 0 Å². The first-order chi connectivity index (χ1) is 12.5. The zero-order valence-corrected chi connectivity index (χ0v) is 16.0. The highest BCUT2D eigenvalue weighted by molar-refractivity contribution is 6.36. The number of hydrogen-bond acceptors (Lipinski definition) is 5. The standard InChI is InChI=1S/C21H25N3O2/c1-6-16-11-8-12-17-15(4)24(19-13(2)9-7-10-14(19)3)23-20(21(25)26-5)22-18(16)17/h7-12,15H,6H2,1-5H3,(H,22,23). The minimum atomic E-state index is -0.479. The van der Waals surface area contributed by atoms with Crippen LogP contribution in [0, 0.1) is 13.8 Å². The molecule has 136 valence electrons. The maximum atomic E-state index is 12.3. The molecule has 2 aromatic rings. The molecule has 0 radical (unpaired) electrons. The molecular formula is C21H25N3O2. The lowest BCUT2D eigenvalue weighted by Crippen LogP contribution is -2.46. The van der Waals surface area contributed by atoms with E-state index in [-0.39, 0.29) is 11.9 Å². The van der Waals surface area contributed by atoms with Crippen LogP contribution in [0.25, 0.3) is 0 Å². The molecule has 1 atom stereocenters. The molecule has 5 heteroatoms. The molecule has 0 amide bonds. The average molecular weight is 351 g/mol. The van der Waals surface area contributed by atoms with Crippen LogP contribution in [0.5, 0.6) is 0 Å². The Morgan fingerprint density at radius 1 is 1.19 bits per heavy atom. The number of rotatable bonds is 3. The predicted octanol–water partition coefficient (Wildman–Crippen LogP) is 4.15. The molecule has 0 spiro atoms. The Kier molecular flexibility index (Phi) is 4.98. The first-order valence-electron chi connectivity index (χ1n) is 8.88. The molecule has 3 rings (SSSR count). The average Bonchev–Trinajstić information content (AvgIpc) is 2.78. The van der Waals surface area contributed by atoms with Crippen LogP contribution in [0.15, 0.2) is 41.4 Å². The minimum Gasteiger partial charge on any atom is -0.463 e. The maximum Gasteiger partial charge on any atom is 0.375 e. The van der Waals surface area contributed by atoms with Crippen LogP contribution in [0.2, 0.25) is 0 Å². The summed E-state index contributed by atoms with van der Waals surface area (Å²) < 4.78 is 4.95. The first-order valence-corrected chi connectivity index (χ1v) is 8.88. The normalized spacial score (nSPS) is 16.3. The van der Waals surface area contributed by atoms with Gasteiger partial charge in [0.15, 0.2) is 0 Å². The van der Waals surface area contributed by atoms with Crippen molar-refractivity contribution in [3.05, 3.63) is 58.7 Å². The van der Waals surface area contributed by atoms with Gasteiger partial charge in [-0.25, -0.2) is 9.79 Å². The van der Waals surface area contributed by atoms with Gasteiger partial charge in [-0.3, -0.25) is 10.4 Å². The molecule has 1 aliphatic heterocycles. The Balaban J connectivity index is 2.23. The number of hydrazine groups is 1. The van der Waals surface area contributed by atoms with Crippen molar-refractivity contribution in [1.82, 2.24) is 5.43 Å². The lowest BCUT2D eigenvalue weighted by atomic mass is 9.99. The number of fused-ring (bicyclic) bond motifs is 1. The third-order valence-electron chi connectivity index (χ3n) is 4.88. The number of hydrogen-bond donors (Lipinski definition) is 1. The second kappa shape index (κ2) is 7.20. The summed E-state index contributed by atoms with van der Waals surface area (Å²) in [5.74, 6) is -0.283. The third kappa shape index (κ3) is 3.05. The molecule has 26 heavy (non-hydrogen) atoms. The number of aryl methyl sites for hydroxylation is 3. The summed E-state index contributed by atoms with van der Waals surface area (Å²) in [5.41, 5.74) is 9.57. The molecule has 1 N–H and O–H groups in total. The van der Waals surface area contributed by atoms with Crippen LogP contribution in [0.3, 0.4) is 0 Å². The monoisotopic (exact) mass is 351 g/mol. The fraction of sp³-hybridized carbons (Fsp3) is 0.333. The number of ether oxygens (including phenoxy) is 1. The summed E-state index contributed by atoms with van der Waals surface area (Å²) in [4.78, 5) is 17.0. The number of carbonyl (C=O) groups is 1. The lowest BCUT2D eigenvalue weighted by Gasteiger charge is -2.33. The molecule has 1 heterocycles. The van der Waals surface area contributed by atoms with Crippen molar-refractivity contribution in [2.75, 3.05) is 12.1 Å². The molecule has 0 saturated carbocycles. The van der Waals surface area contributed by atoms with Crippen molar-refractivity contribution in [2.45, 2.75) is 40.2 Å². The summed E-state index contributed by atoms with van der Waals surface area (Å²) in [7, 11) is 1.37. The quantitative estimate of drug-likeness (QED) is 0.844. The Morgan fingerprint density at radius 3 is 2.46 bits per heavy atom. The van der Waals surface area contributed by atoms with Crippen molar-refractivity contribution < 1.29 is 9.53 Å². The highest BCUT2D eigenvalue weighted by Crippen LogP contribution is 2.38. The van der Waals surface area contributed by atoms with E-state index in [9.17, 15) is 4.79 Å². The number of benzene rings is 2. The van der Waals surface area contributed by atoms with Crippen molar-refractivity contribution in [3.8, 4) is 0 Å². The van der Waals surface area contributed by atoms with E-state index in [4.69, 9.17) is 4.74 Å². The molecule has 5 nitrogen and oxygen atoms in total. The second-order valence-electron chi connectivity index (χ2n) is 6.56. The number of nitrogens with one attached hydrogen (secondary N) is 1. The number of anilines is 1. The van der Waals surface area contributed by atoms with Gasteiger partial charge in [0, 0.05) is 5.56 Å². The van der Waals surface area contributed by atoms with Crippen LogP contribution in [0.1, 0.15) is 42.1 Å².